The Labute approximate surface area is 118 Å². The average Bonchev–Trinajstić information content (AvgIpc) is 2.86. The van der Waals surface area contributed by atoms with E-state index in [-0.39, 0.29) is 12.3 Å². The first-order chi connectivity index (χ1) is 9.36. The lowest BCUT2D eigenvalue weighted by atomic mass is 9.94. The van der Waals surface area contributed by atoms with Gasteiger partial charge in [-0.15, -0.1) is 0 Å². The van der Waals surface area contributed by atoms with Crippen LogP contribution in [0.25, 0.3) is 0 Å². The minimum absolute atomic E-state index is 0.101. The molecule has 1 saturated heterocycles. The van der Waals surface area contributed by atoms with Gasteiger partial charge in [-0.05, 0) is 25.2 Å². The molecule has 0 aromatic carbocycles. The molecule has 4 nitrogen and oxygen atoms in total. The monoisotopic (exact) mass is 308 g/mol. The Morgan fingerprint density at radius 3 is 2.90 bits per heavy atom. The molecule has 0 bridgehead atoms. The van der Waals surface area contributed by atoms with Crippen molar-refractivity contribution in [2.75, 3.05) is 18.0 Å². The van der Waals surface area contributed by atoms with E-state index < -0.39 is 17.0 Å². The summed E-state index contributed by atoms with van der Waals surface area (Å²) in [6, 6.07) is 0. The third-order valence-electron chi connectivity index (χ3n) is 3.33. The molecule has 1 aromatic heterocycles. The number of carboxylic acid groups (broad SMARTS) is 1. The van der Waals surface area contributed by atoms with E-state index in [1.165, 1.54) is 0 Å². The van der Waals surface area contributed by atoms with E-state index in [0.29, 0.717) is 36.0 Å². The van der Waals surface area contributed by atoms with Crippen molar-refractivity contribution < 1.29 is 23.1 Å². The number of aliphatic carboxylic acids is 1. The van der Waals surface area contributed by atoms with Crippen LogP contribution in [-0.2, 0) is 11.0 Å². The van der Waals surface area contributed by atoms with E-state index >= 15 is 0 Å². The molecule has 1 aliphatic rings. The van der Waals surface area contributed by atoms with Gasteiger partial charge >= 0.3 is 12.1 Å². The Kier molecular flexibility index (Phi) is 4.52. The van der Waals surface area contributed by atoms with Crippen LogP contribution in [-0.4, -0.2) is 29.1 Å². The summed E-state index contributed by atoms with van der Waals surface area (Å²) in [6.45, 7) is 1.26. The molecule has 0 saturated carbocycles. The second-order valence-electron chi connectivity index (χ2n) is 4.89. The van der Waals surface area contributed by atoms with Gasteiger partial charge in [-0.1, -0.05) is 11.3 Å². The number of rotatable bonds is 4. The minimum Gasteiger partial charge on any atom is -0.481 e. The smallest absolute Gasteiger partial charge is 0.427 e. The summed E-state index contributed by atoms with van der Waals surface area (Å²) >= 11 is 0.646. The lowest BCUT2D eigenvalue weighted by Gasteiger charge is -2.32. The normalized spacial score (nSPS) is 20.1. The SMILES string of the molecule is O=C(O)CCC1CCCN(c2ncc(C(F)(F)F)s2)C1. The van der Waals surface area contributed by atoms with Gasteiger partial charge in [0.2, 0.25) is 0 Å². The van der Waals surface area contributed by atoms with Crippen molar-refractivity contribution in [1.29, 1.82) is 0 Å². The fraction of sp³-hybridized carbons (Fsp3) is 0.667. The van der Waals surface area contributed by atoms with E-state index in [1.54, 1.807) is 0 Å². The number of halogens is 3. The Hall–Kier alpha value is -1.31. The molecule has 20 heavy (non-hydrogen) atoms. The first-order valence-corrected chi connectivity index (χ1v) is 7.17. The van der Waals surface area contributed by atoms with Gasteiger partial charge in [0.15, 0.2) is 5.13 Å². The maximum Gasteiger partial charge on any atom is 0.427 e. The summed E-state index contributed by atoms with van der Waals surface area (Å²) in [4.78, 5) is 15.5. The number of hydrogen-bond donors (Lipinski definition) is 1. The number of anilines is 1. The highest BCUT2D eigenvalue weighted by atomic mass is 32.1. The molecule has 1 fully saturated rings. The number of piperidine rings is 1. The first-order valence-electron chi connectivity index (χ1n) is 6.36. The van der Waals surface area contributed by atoms with Gasteiger partial charge in [0.05, 0.1) is 6.20 Å². The molecule has 2 heterocycles. The highest BCUT2D eigenvalue weighted by Gasteiger charge is 2.34. The zero-order valence-electron chi connectivity index (χ0n) is 10.7. The third kappa shape index (κ3) is 3.84. The van der Waals surface area contributed by atoms with Crippen molar-refractivity contribution in [1.82, 2.24) is 4.98 Å². The van der Waals surface area contributed by atoms with Gasteiger partial charge in [0, 0.05) is 19.5 Å². The molecule has 0 aliphatic carbocycles. The highest BCUT2D eigenvalue weighted by Crippen LogP contribution is 2.37. The number of thiazole rings is 1. The summed E-state index contributed by atoms with van der Waals surface area (Å²) in [5.74, 6) is -0.631. The zero-order chi connectivity index (χ0) is 14.8. The van der Waals surface area contributed by atoms with Crippen LogP contribution in [0.5, 0.6) is 0 Å². The number of carboxylic acids is 1. The van der Waals surface area contributed by atoms with Gasteiger partial charge in [0.25, 0.3) is 0 Å². The summed E-state index contributed by atoms with van der Waals surface area (Å²) < 4.78 is 37.6. The van der Waals surface area contributed by atoms with E-state index in [2.05, 4.69) is 4.98 Å². The predicted octanol–water partition coefficient (Wildman–Crippen LogP) is 3.24. The fourth-order valence-electron chi connectivity index (χ4n) is 2.34. The Balaban J connectivity index is 1.98. The van der Waals surface area contributed by atoms with Crippen molar-refractivity contribution >= 4 is 22.4 Å². The number of alkyl halides is 3. The van der Waals surface area contributed by atoms with E-state index in [9.17, 15) is 18.0 Å². The van der Waals surface area contributed by atoms with Crippen molar-refractivity contribution in [2.45, 2.75) is 31.9 Å². The fourth-order valence-corrected chi connectivity index (χ4v) is 3.16. The molecule has 1 unspecified atom stereocenters. The second kappa shape index (κ2) is 5.99. The van der Waals surface area contributed by atoms with E-state index in [0.717, 1.165) is 19.0 Å². The quantitative estimate of drug-likeness (QED) is 0.927. The van der Waals surface area contributed by atoms with Crippen LogP contribution < -0.4 is 4.90 Å². The standard InChI is InChI=1S/C12H15F3N2O2S/c13-12(14,15)9-6-16-11(20-9)17-5-1-2-8(7-17)3-4-10(18)19/h6,8H,1-5,7H2,(H,18,19). The molecule has 8 heteroatoms. The Morgan fingerprint density at radius 2 is 2.30 bits per heavy atom. The van der Waals surface area contributed by atoms with Crippen LogP contribution in [0.2, 0.25) is 0 Å². The largest absolute Gasteiger partial charge is 0.481 e. The molecule has 1 atom stereocenters. The van der Waals surface area contributed by atoms with Gasteiger partial charge in [-0.3, -0.25) is 4.79 Å². The molecule has 112 valence electrons. The highest BCUT2D eigenvalue weighted by molar-refractivity contribution is 7.15. The lowest BCUT2D eigenvalue weighted by molar-refractivity contribution is -0.137. The molecule has 2 rings (SSSR count). The van der Waals surface area contributed by atoms with Crippen molar-refractivity contribution in [3.8, 4) is 0 Å². The number of nitrogens with zero attached hydrogens (tertiary/aromatic N) is 2. The molecule has 0 spiro atoms. The van der Waals surface area contributed by atoms with Crippen LogP contribution in [0.3, 0.4) is 0 Å². The summed E-state index contributed by atoms with van der Waals surface area (Å²) in [7, 11) is 0. The molecule has 1 aliphatic heterocycles. The zero-order valence-corrected chi connectivity index (χ0v) is 11.5. The molecule has 0 radical (unpaired) electrons. The maximum absolute atomic E-state index is 12.5. The Morgan fingerprint density at radius 1 is 1.55 bits per heavy atom. The van der Waals surface area contributed by atoms with E-state index in [1.807, 2.05) is 4.90 Å². The van der Waals surface area contributed by atoms with Gasteiger partial charge in [0.1, 0.15) is 4.88 Å². The van der Waals surface area contributed by atoms with Gasteiger partial charge in [-0.2, -0.15) is 13.2 Å². The number of carbonyl (C=O) groups is 1. The molecule has 1 aromatic rings. The number of hydrogen-bond acceptors (Lipinski definition) is 4. The summed E-state index contributed by atoms with van der Waals surface area (Å²) in [5.41, 5.74) is 0. The van der Waals surface area contributed by atoms with Crippen LogP contribution in [0.1, 0.15) is 30.6 Å². The Bertz CT molecular complexity index is 476. The number of aromatic nitrogens is 1. The topological polar surface area (TPSA) is 53.4 Å². The lowest BCUT2D eigenvalue weighted by Crippen LogP contribution is -2.35. The molecular weight excluding hydrogens is 293 g/mol. The molecule has 0 amide bonds. The van der Waals surface area contributed by atoms with Gasteiger partial charge in [-0.25, -0.2) is 4.98 Å². The summed E-state index contributed by atoms with van der Waals surface area (Å²) in [6.07, 6.45) is -1.06. The van der Waals surface area contributed by atoms with Crippen LogP contribution >= 0.6 is 11.3 Å². The maximum atomic E-state index is 12.5. The first kappa shape index (κ1) is 15.1. The van der Waals surface area contributed by atoms with Gasteiger partial charge < -0.3 is 10.0 Å². The van der Waals surface area contributed by atoms with E-state index in [4.69, 9.17) is 5.11 Å². The van der Waals surface area contributed by atoms with Crippen LogP contribution in [0.15, 0.2) is 6.20 Å². The minimum atomic E-state index is -4.35. The van der Waals surface area contributed by atoms with Crippen molar-refractivity contribution in [2.24, 2.45) is 5.92 Å². The average molecular weight is 308 g/mol. The predicted molar refractivity (Wildman–Crippen MR) is 68.9 cm³/mol. The van der Waals surface area contributed by atoms with Crippen LogP contribution in [0.4, 0.5) is 18.3 Å². The van der Waals surface area contributed by atoms with Crippen LogP contribution in [0, 0.1) is 5.92 Å². The molecule has 1 N–H and O–H groups in total. The third-order valence-corrected chi connectivity index (χ3v) is 4.43. The van der Waals surface area contributed by atoms with Crippen molar-refractivity contribution in [3.63, 3.8) is 0 Å². The van der Waals surface area contributed by atoms with Crippen molar-refractivity contribution in [3.05, 3.63) is 11.1 Å². The second-order valence-corrected chi connectivity index (χ2v) is 5.90. The summed E-state index contributed by atoms with van der Waals surface area (Å²) in [5, 5.41) is 9.04. The molecular formula is C12H15F3N2O2S.